The van der Waals surface area contributed by atoms with Crippen molar-refractivity contribution in [3.05, 3.63) is 17.5 Å². The summed E-state index contributed by atoms with van der Waals surface area (Å²) in [6, 6.07) is 0. The number of nitrogens with zero attached hydrogens (tertiary/aromatic N) is 4. The van der Waals surface area contributed by atoms with E-state index in [0.717, 1.165) is 24.7 Å². The van der Waals surface area contributed by atoms with E-state index >= 15 is 0 Å². The lowest BCUT2D eigenvalue weighted by molar-refractivity contribution is 0.0309. The minimum Gasteiger partial charge on any atom is -0.377 e. The smallest absolute Gasteiger partial charge is 0.194 e. The van der Waals surface area contributed by atoms with Gasteiger partial charge in [0.1, 0.15) is 0 Å². The lowest BCUT2D eigenvalue weighted by atomic mass is 10.1. The van der Waals surface area contributed by atoms with Crippen LogP contribution in [-0.4, -0.2) is 53.5 Å². The van der Waals surface area contributed by atoms with Crippen molar-refractivity contribution in [1.29, 1.82) is 0 Å². The standard InChI is InChI=1S/C17H33N5O/c1-9-18-16(19-12-17(4,5)23-8)21(6)10-14-11-22(7)20-15(14)13(2)3/h11,13H,9-10,12H2,1-8H3,(H,18,19). The number of aliphatic imine (C=N–C) groups is 1. The van der Waals surface area contributed by atoms with E-state index in [4.69, 9.17) is 9.73 Å². The second kappa shape index (κ2) is 8.34. The van der Waals surface area contributed by atoms with Crippen LogP contribution in [0.4, 0.5) is 0 Å². The molecule has 0 fully saturated rings. The highest BCUT2D eigenvalue weighted by atomic mass is 16.5. The van der Waals surface area contributed by atoms with Crippen molar-refractivity contribution >= 4 is 5.96 Å². The van der Waals surface area contributed by atoms with Crippen LogP contribution in [0, 0.1) is 0 Å². The van der Waals surface area contributed by atoms with Gasteiger partial charge in [-0.2, -0.15) is 5.10 Å². The van der Waals surface area contributed by atoms with E-state index in [0.29, 0.717) is 12.5 Å². The van der Waals surface area contributed by atoms with Gasteiger partial charge in [-0.25, -0.2) is 0 Å². The van der Waals surface area contributed by atoms with Crippen LogP contribution >= 0.6 is 0 Å². The number of methoxy groups -OCH3 is 1. The van der Waals surface area contributed by atoms with Crippen LogP contribution in [0.1, 0.15) is 51.8 Å². The molecule has 1 aromatic rings. The van der Waals surface area contributed by atoms with Gasteiger partial charge in [0.2, 0.25) is 0 Å². The zero-order valence-electron chi connectivity index (χ0n) is 16.0. The monoisotopic (exact) mass is 323 g/mol. The van der Waals surface area contributed by atoms with Crippen molar-refractivity contribution < 1.29 is 4.74 Å². The molecule has 0 radical (unpaired) electrons. The van der Waals surface area contributed by atoms with E-state index in [-0.39, 0.29) is 5.60 Å². The molecular formula is C17H33N5O. The number of ether oxygens (including phenoxy) is 1. The van der Waals surface area contributed by atoms with Crippen LogP contribution in [0.25, 0.3) is 0 Å². The molecule has 0 spiro atoms. The van der Waals surface area contributed by atoms with Gasteiger partial charge in [0.15, 0.2) is 5.96 Å². The van der Waals surface area contributed by atoms with Crippen LogP contribution < -0.4 is 5.32 Å². The van der Waals surface area contributed by atoms with Crippen molar-refractivity contribution in [1.82, 2.24) is 20.0 Å². The number of nitrogens with one attached hydrogen (secondary N) is 1. The zero-order valence-corrected chi connectivity index (χ0v) is 16.0. The molecule has 1 heterocycles. The third kappa shape index (κ3) is 5.86. The van der Waals surface area contributed by atoms with Crippen LogP contribution in [0.3, 0.4) is 0 Å². The summed E-state index contributed by atoms with van der Waals surface area (Å²) in [6.45, 7) is 12.7. The summed E-state index contributed by atoms with van der Waals surface area (Å²) in [5, 5.41) is 7.92. The van der Waals surface area contributed by atoms with Crippen LogP contribution in [0.15, 0.2) is 11.2 Å². The number of aryl methyl sites for hydroxylation is 1. The molecule has 0 amide bonds. The Morgan fingerprint density at radius 1 is 1.48 bits per heavy atom. The molecule has 1 N–H and O–H groups in total. The molecule has 132 valence electrons. The van der Waals surface area contributed by atoms with Crippen molar-refractivity contribution in [3.8, 4) is 0 Å². The Hall–Kier alpha value is -1.56. The Morgan fingerprint density at radius 2 is 2.13 bits per heavy atom. The van der Waals surface area contributed by atoms with Gasteiger partial charge in [0.05, 0.1) is 17.8 Å². The molecule has 0 saturated heterocycles. The highest BCUT2D eigenvalue weighted by Crippen LogP contribution is 2.18. The van der Waals surface area contributed by atoms with Gasteiger partial charge in [0, 0.05) is 46.1 Å². The van der Waals surface area contributed by atoms with Crippen LogP contribution in [0.2, 0.25) is 0 Å². The van der Waals surface area contributed by atoms with Crippen molar-refractivity contribution in [2.24, 2.45) is 12.0 Å². The van der Waals surface area contributed by atoms with E-state index in [1.165, 1.54) is 5.56 Å². The zero-order chi connectivity index (χ0) is 17.6. The summed E-state index contributed by atoms with van der Waals surface area (Å²) in [5.41, 5.74) is 2.12. The predicted octanol–water partition coefficient (Wildman–Crippen LogP) is 2.37. The fraction of sp³-hybridized carbons (Fsp3) is 0.765. The van der Waals surface area contributed by atoms with Gasteiger partial charge >= 0.3 is 0 Å². The lowest BCUT2D eigenvalue weighted by Gasteiger charge is -2.25. The Balaban J connectivity index is 2.90. The highest BCUT2D eigenvalue weighted by Gasteiger charge is 2.18. The molecule has 1 aromatic heterocycles. The third-order valence-corrected chi connectivity index (χ3v) is 3.75. The first-order chi connectivity index (χ1) is 10.7. The maximum absolute atomic E-state index is 5.45. The Kier molecular flexibility index (Phi) is 7.06. The summed E-state index contributed by atoms with van der Waals surface area (Å²) in [6.07, 6.45) is 2.09. The van der Waals surface area contributed by atoms with Gasteiger partial charge in [-0.05, 0) is 26.7 Å². The molecule has 0 aliphatic heterocycles. The topological polar surface area (TPSA) is 54.7 Å². The molecule has 0 aliphatic rings. The summed E-state index contributed by atoms with van der Waals surface area (Å²) in [4.78, 5) is 6.85. The number of guanidine groups is 1. The highest BCUT2D eigenvalue weighted by molar-refractivity contribution is 5.79. The Labute approximate surface area is 140 Å². The van der Waals surface area contributed by atoms with Gasteiger partial charge in [-0.3, -0.25) is 9.67 Å². The molecule has 0 saturated carbocycles. The quantitative estimate of drug-likeness (QED) is 0.618. The normalized spacial score (nSPS) is 12.8. The molecular weight excluding hydrogens is 290 g/mol. The van der Waals surface area contributed by atoms with E-state index in [2.05, 4.69) is 49.3 Å². The van der Waals surface area contributed by atoms with Crippen molar-refractivity contribution in [2.45, 2.75) is 52.7 Å². The minimum atomic E-state index is -0.265. The number of aromatic nitrogens is 2. The Bertz CT molecular complexity index is 519. The molecule has 1 rings (SSSR count). The van der Waals surface area contributed by atoms with Gasteiger partial charge in [-0.15, -0.1) is 0 Å². The summed E-state index contributed by atoms with van der Waals surface area (Å²) < 4.78 is 7.34. The number of hydrogen-bond acceptors (Lipinski definition) is 3. The Morgan fingerprint density at radius 3 is 2.65 bits per heavy atom. The summed E-state index contributed by atoms with van der Waals surface area (Å²) >= 11 is 0. The van der Waals surface area contributed by atoms with Gasteiger partial charge in [0.25, 0.3) is 0 Å². The van der Waals surface area contributed by atoms with E-state index in [1.807, 2.05) is 25.6 Å². The second-order valence-electron chi connectivity index (χ2n) is 6.86. The second-order valence-corrected chi connectivity index (χ2v) is 6.86. The number of rotatable bonds is 7. The molecule has 6 heteroatoms. The first-order valence-corrected chi connectivity index (χ1v) is 8.27. The first-order valence-electron chi connectivity index (χ1n) is 8.27. The van der Waals surface area contributed by atoms with Crippen molar-refractivity contribution in [2.75, 3.05) is 27.2 Å². The molecule has 0 unspecified atom stereocenters. The largest absolute Gasteiger partial charge is 0.377 e. The van der Waals surface area contributed by atoms with E-state index in [9.17, 15) is 0 Å². The fourth-order valence-corrected chi connectivity index (χ4v) is 2.29. The molecule has 0 aromatic carbocycles. The predicted molar refractivity (Wildman–Crippen MR) is 95.8 cm³/mol. The molecule has 6 nitrogen and oxygen atoms in total. The molecule has 0 aliphatic carbocycles. The third-order valence-electron chi connectivity index (χ3n) is 3.75. The minimum absolute atomic E-state index is 0.265. The fourth-order valence-electron chi connectivity index (χ4n) is 2.29. The maximum atomic E-state index is 5.45. The number of hydrogen-bond donors (Lipinski definition) is 1. The van der Waals surface area contributed by atoms with E-state index in [1.54, 1.807) is 7.11 Å². The first kappa shape index (κ1) is 19.5. The molecule has 0 atom stereocenters. The SMILES string of the molecule is CCNC(=NCC(C)(C)OC)N(C)Cc1cn(C)nc1C(C)C. The average molecular weight is 323 g/mol. The van der Waals surface area contributed by atoms with Crippen LogP contribution in [0.5, 0.6) is 0 Å². The van der Waals surface area contributed by atoms with Crippen LogP contribution in [-0.2, 0) is 18.3 Å². The van der Waals surface area contributed by atoms with Gasteiger partial charge < -0.3 is 15.0 Å². The van der Waals surface area contributed by atoms with E-state index < -0.39 is 0 Å². The lowest BCUT2D eigenvalue weighted by Crippen LogP contribution is -2.40. The summed E-state index contributed by atoms with van der Waals surface area (Å²) in [5.74, 6) is 1.29. The van der Waals surface area contributed by atoms with Gasteiger partial charge in [-0.1, -0.05) is 13.8 Å². The molecule has 23 heavy (non-hydrogen) atoms. The molecule has 0 bridgehead atoms. The maximum Gasteiger partial charge on any atom is 0.194 e. The summed E-state index contributed by atoms with van der Waals surface area (Å²) in [7, 11) is 5.74. The van der Waals surface area contributed by atoms with Crippen molar-refractivity contribution in [3.63, 3.8) is 0 Å². The average Bonchev–Trinajstić information content (AvgIpc) is 2.84.